The fraction of sp³-hybridized carbons (Fsp3) is 0.174. The van der Waals surface area contributed by atoms with Crippen LogP contribution in [0.3, 0.4) is 0 Å². The summed E-state index contributed by atoms with van der Waals surface area (Å²) in [4.78, 5) is 12.7. The van der Waals surface area contributed by atoms with Crippen LogP contribution in [0.4, 0.5) is 5.69 Å². The molecule has 0 unspecified atom stereocenters. The molecule has 1 aliphatic rings. The molecule has 0 radical (unpaired) electrons. The van der Waals surface area contributed by atoms with Gasteiger partial charge in [0.25, 0.3) is 5.91 Å². The minimum atomic E-state index is -0.749. The Morgan fingerprint density at radius 2 is 1.83 bits per heavy atom. The number of anilines is 1. The maximum absolute atomic E-state index is 12.7. The molecule has 2 heterocycles. The van der Waals surface area contributed by atoms with Crippen molar-refractivity contribution in [1.82, 2.24) is 0 Å². The van der Waals surface area contributed by atoms with E-state index in [0.717, 1.165) is 16.4 Å². The van der Waals surface area contributed by atoms with Crippen LogP contribution in [0, 0.1) is 0 Å². The molecule has 0 fully saturated rings. The molecule has 1 N–H and O–H groups in total. The number of nitrogens with one attached hydrogen (secondary N) is 1. The monoisotopic (exact) mass is 405 g/mol. The molecule has 152 valence electrons. The summed E-state index contributed by atoms with van der Waals surface area (Å²) in [5.74, 6) is 1.99. The maximum Gasteiger partial charge on any atom is 0.265 e. The standard InChI is InChI=1S/C23H19NO6/c1-13(29-14-7-8-19-22(9-14)28-12-27-19)23(25)24-17-11-20-16(10-21(17)26-2)15-5-3-4-6-18(15)30-20/h3-11,13H,12H2,1-2H3,(H,24,25)/t13-/m1/s1. The molecule has 1 aliphatic heterocycles. The summed E-state index contributed by atoms with van der Waals surface area (Å²) in [6.45, 7) is 1.85. The highest BCUT2D eigenvalue weighted by Crippen LogP contribution is 2.37. The number of rotatable bonds is 5. The molecule has 1 amide bonds. The van der Waals surface area contributed by atoms with Gasteiger partial charge in [-0.05, 0) is 31.2 Å². The van der Waals surface area contributed by atoms with Crippen LogP contribution in [-0.4, -0.2) is 25.9 Å². The van der Waals surface area contributed by atoms with Crippen molar-refractivity contribution in [2.24, 2.45) is 0 Å². The summed E-state index contributed by atoms with van der Waals surface area (Å²) in [6, 6.07) is 16.6. The highest BCUT2D eigenvalue weighted by atomic mass is 16.7. The molecule has 4 aromatic rings. The van der Waals surface area contributed by atoms with Crippen LogP contribution in [0.15, 0.2) is 59.0 Å². The predicted molar refractivity (Wildman–Crippen MR) is 112 cm³/mol. The van der Waals surface area contributed by atoms with Crippen molar-refractivity contribution in [3.63, 3.8) is 0 Å². The lowest BCUT2D eigenvalue weighted by Crippen LogP contribution is -2.30. The number of para-hydroxylation sites is 1. The second kappa shape index (κ2) is 7.18. The molecule has 0 saturated heterocycles. The number of hydrogen-bond donors (Lipinski definition) is 1. The van der Waals surface area contributed by atoms with E-state index >= 15 is 0 Å². The quantitative estimate of drug-likeness (QED) is 0.517. The van der Waals surface area contributed by atoms with E-state index in [1.165, 1.54) is 0 Å². The number of ether oxygens (including phenoxy) is 4. The molecule has 7 nitrogen and oxygen atoms in total. The molecule has 3 aromatic carbocycles. The molecule has 1 atom stereocenters. The summed E-state index contributed by atoms with van der Waals surface area (Å²) in [5, 5.41) is 4.78. The van der Waals surface area contributed by atoms with E-state index < -0.39 is 6.10 Å². The lowest BCUT2D eigenvalue weighted by atomic mass is 10.1. The first-order valence-corrected chi connectivity index (χ1v) is 9.49. The van der Waals surface area contributed by atoms with E-state index in [2.05, 4.69) is 5.32 Å². The topological polar surface area (TPSA) is 79.2 Å². The van der Waals surface area contributed by atoms with Gasteiger partial charge in [0.2, 0.25) is 6.79 Å². The normalized spacial score (nSPS) is 13.4. The Labute approximate surface area is 172 Å². The number of fused-ring (bicyclic) bond motifs is 4. The molecule has 0 bridgehead atoms. The van der Waals surface area contributed by atoms with Crippen LogP contribution in [0.1, 0.15) is 6.92 Å². The Bertz CT molecular complexity index is 1260. The number of furan rings is 1. The van der Waals surface area contributed by atoms with Gasteiger partial charge in [-0.25, -0.2) is 0 Å². The number of benzene rings is 3. The zero-order valence-electron chi connectivity index (χ0n) is 16.4. The lowest BCUT2D eigenvalue weighted by Gasteiger charge is -2.16. The Balaban J connectivity index is 1.38. The molecule has 1 aromatic heterocycles. The molecule has 5 rings (SSSR count). The van der Waals surface area contributed by atoms with E-state index in [9.17, 15) is 4.79 Å². The van der Waals surface area contributed by atoms with E-state index in [1.807, 2.05) is 30.3 Å². The van der Waals surface area contributed by atoms with Gasteiger partial charge >= 0.3 is 0 Å². The van der Waals surface area contributed by atoms with Crippen LogP contribution in [0.25, 0.3) is 21.9 Å². The van der Waals surface area contributed by atoms with Crippen LogP contribution in [0.5, 0.6) is 23.0 Å². The van der Waals surface area contributed by atoms with Gasteiger partial charge < -0.3 is 28.7 Å². The first kappa shape index (κ1) is 18.2. The zero-order chi connectivity index (χ0) is 20.7. The average Bonchev–Trinajstić information content (AvgIpc) is 3.36. The van der Waals surface area contributed by atoms with Crippen molar-refractivity contribution in [3.05, 3.63) is 54.6 Å². The third-order valence-corrected chi connectivity index (χ3v) is 4.98. The molecule has 30 heavy (non-hydrogen) atoms. The first-order chi connectivity index (χ1) is 14.6. The summed E-state index contributed by atoms with van der Waals surface area (Å²) < 4.78 is 27.8. The van der Waals surface area contributed by atoms with Crippen molar-refractivity contribution < 1.29 is 28.2 Å². The van der Waals surface area contributed by atoms with Gasteiger partial charge in [-0.3, -0.25) is 4.79 Å². The number of carbonyl (C=O) groups excluding carboxylic acids is 1. The third kappa shape index (κ3) is 3.14. The highest BCUT2D eigenvalue weighted by Gasteiger charge is 2.20. The first-order valence-electron chi connectivity index (χ1n) is 9.49. The molecule has 0 spiro atoms. The van der Waals surface area contributed by atoms with Crippen LogP contribution < -0.4 is 24.3 Å². The fourth-order valence-electron chi connectivity index (χ4n) is 3.46. The molecule has 0 aliphatic carbocycles. The fourth-order valence-corrected chi connectivity index (χ4v) is 3.46. The molecule has 0 saturated carbocycles. The number of methoxy groups -OCH3 is 1. The Morgan fingerprint density at radius 1 is 1.00 bits per heavy atom. The van der Waals surface area contributed by atoms with Gasteiger partial charge in [-0.15, -0.1) is 0 Å². The van der Waals surface area contributed by atoms with Crippen molar-refractivity contribution in [1.29, 1.82) is 0 Å². The van der Waals surface area contributed by atoms with Crippen molar-refractivity contribution in [3.8, 4) is 23.0 Å². The average molecular weight is 405 g/mol. The van der Waals surface area contributed by atoms with Crippen LogP contribution >= 0.6 is 0 Å². The SMILES string of the molecule is COc1cc2c(cc1NC(=O)[C@@H](C)Oc1ccc3c(c1)OCO3)oc1ccccc12. The number of hydrogen-bond acceptors (Lipinski definition) is 6. The summed E-state index contributed by atoms with van der Waals surface area (Å²) in [6.07, 6.45) is -0.749. The van der Waals surface area contributed by atoms with Gasteiger partial charge in [0.05, 0.1) is 12.8 Å². The summed E-state index contributed by atoms with van der Waals surface area (Å²) in [5.41, 5.74) is 1.95. The van der Waals surface area contributed by atoms with Gasteiger partial charge in [0.15, 0.2) is 17.6 Å². The Kier molecular flexibility index (Phi) is 4.35. The Morgan fingerprint density at radius 3 is 2.70 bits per heavy atom. The van der Waals surface area contributed by atoms with Gasteiger partial charge in [-0.1, -0.05) is 18.2 Å². The Hall–Kier alpha value is -3.87. The van der Waals surface area contributed by atoms with Crippen LogP contribution in [0.2, 0.25) is 0 Å². The van der Waals surface area contributed by atoms with E-state index in [4.69, 9.17) is 23.4 Å². The van der Waals surface area contributed by atoms with Gasteiger partial charge in [0, 0.05) is 22.9 Å². The van der Waals surface area contributed by atoms with E-state index in [-0.39, 0.29) is 12.7 Å². The number of carbonyl (C=O) groups is 1. The smallest absolute Gasteiger partial charge is 0.265 e. The van der Waals surface area contributed by atoms with Crippen molar-refractivity contribution in [2.45, 2.75) is 13.0 Å². The lowest BCUT2D eigenvalue weighted by molar-refractivity contribution is -0.122. The predicted octanol–water partition coefficient (Wildman–Crippen LogP) is 4.73. The minimum absolute atomic E-state index is 0.179. The summed E-state index contributed by atoms with van der Waals surface area (Å²) in [7, 11) is 1.56. The highest BCUT2D eigenvalue weighted by molar-refractivity contribution is 6.08. The molecular weight excluding hydrogens is 386 g/mol. The van der Waals surface area contributed by atoms with Crippen molar-refractivity contribution in [2.75, 3.05) is 19.2 Å². The van der Waals surface area contributed by atoms with Crippen molar-refractivity contribution >= 4 is 33.5 Å². The second-order valence-electron chi connectivity index (χ2n) is 6.91. The minimum Gasteiger partial charge on any atom is -0.495 e. The van der Waals surface area contributed by atoms with Crippen LogP contribution in [-0.2, 0) is 4.79 Å². The zero-order valence-corrected chi connectivity index (χ0v) is 16.4. The molecular formula is C23H19NO6. The largest absolute Gasteiger partial charge is 0.495 e. The van der Waals surface area contributed by atoms with Gasteiger partial charge in [0.1, 0.15) is 22.7 Å². The van der Waals surface area contributed by atoms with Gasteiger partial charge in [-0.2, -0.15) is 0 Å². The van der Waals surface area contributed by atoms with E-state index in [0.29, 0.717) is 34.3 Å². The third-order valence-electron chi connectivity index (χ3n) is 4.98. The van der Waals surface area contributed by atoms with E-state index in [1.54, 1.807) is 38.3 Å². The number of amides is 1. The maximum atomic E-state index is 12.7. The summed E-state index contributed by atoms with van der Waals surface area (Å²) >= 11 is 0. The second-order valence-corrected chi connectivity index (χ2v) is 6.91. The molecule has 7 heteroatoms.